The molecule has 0 radical (unpaired) electrons. The first-order chi connectivity index (χ1) is 7.75. The van der Waals surface area contributed by atoms with Crippen LogP contribution in [0.15, 0.2) is 29.8 Å². The van der Waals surface area contributed by atoms with Gasteiger partial charge in [-0.05, 0) is 18.2 Å². The second kappa shape index (κ2) is 3.24. The zero-order valence-corrected chi connectivity index (χ0v) is 8.88. The van der Waals surface area contributed by atoms with Gasteiger partial charge in [-0.25, -0.2) is 4.98 Å². The van der Waals surface area contributed by atoms with Crippen molar-refractivity contribution in [1.29, 1.82) is 0 Å². The average Bonchev–Trinajstić information content (AvgIpc) is 2.89. The lowest BCUT2D eigenvalue weighted by Crippen LogP contribution is -2.12. The number of amides is 1. The molecule has 16 heavy (non-hydrogen) atoms. The summed E-state index contributed by atoms with van der Waals surface area (Å²) in [7, 11) is 0. The summed E-state index contributed by atoms with van der Waals surface area (Å²) in [6.45, 7) is 0. The Balaban J connectivity index is 2.14. The van der Waals surface area contributed by atoms with Crippen molar-refractivity contribution in [1.82, 2.24) is 4.98 Å². The predicted octanol–water partition coefficient (Wildman–Crippen LogP) is 1.94. The van der Waals surface area contributed by atoms with Crippen LogP contribution in [0, 0.1) is 0 Å². The van der Waals surface area contributed by atoms with E-state index >= 15 is 0 Å². The van der Waals surface area contributed by atoms with Gasteiger partial charge in [0.25, 0.3) is 11.7 Å². The molecular weight excluding hydrogens is 224 g/mol. The fraction of sp³-hybridized carbons (Fsp3) is 0. The van der Waals surface area contributed by atoms with Crippen molar-refractivity contribution in [3.8, 4) is 10.6 Å². The molecule has 0 bridgehead atoms. The molecule has 1 aliphatic rings. The van der Waals surface area contributed by atoms with E-state index in [9.17, 15) is 9.59 Å². The molecule has 2 aromatic rings. The van der Waals surface area contributed by atoms with Crippen LogP contribution in [0.25, 0.3) is 10.6 Å². The topological polar surface area (TPSA) is 59.1 Å². The molecule has 1 aromatic carbocycles. The van der Waals surface area contributed by atoms with Crippen molar-refractivity contribution in [2.45, 2.75) is 0 Å². The molecular formula is C11H6N2O2S. The minimum Gasteiger partial charge on any atom is -0.318 e. The van der Waals surface area contributed by atoms with Gasteiger partial charge in [0.15, 0.2) is 0 Å². The molecule has 5 heteroatoms. The quantitative estimate of drug-likeness (QED) is 0.762. The summed E-state index contributed by atoms with van der Waals surface area (Å²) >= 11 is 1.50. The number of hydrogen-bond acceptors (Lipinski definition) is 4. The Morgan fingerprint density at radius 1 is 1.25 bits per heavy atom. The number of carbonyl (C=O) groups is 2. The SMILES string of the molecule is O=C1Nc2ccc(-c3nccs3)cc2C1=O. The number of rotatable bonds is 1. The van der Waals surface area contributed by atoms with Crippen molar-refractivity contribution >= 4 is 28.7 Å². The Kier molecular flexibility index (Phi) is 1.87. The fourth-order valence-electron chi connectivity index (χ4n) is 1.64. The van der Waals surface area contributed by atoms with E-state index in [-0.39, 0.29) is 0 Å². The number of hydrogen-bond donors (Lipinski definition) is 1. The number of benzene rings is 1. The van der Waals surface area contributed by atoms with E-state index in [0.29, 0.717) is 11.3 Å². The molecule has 0 unspecified atom stereocenters. The van der Waals surface area contributed by atoms with E-state index < -0.39 is 11.7 Å². The van der Waals surface area contributed by atoms with Crippen molar-refractivity contribution in [2.24, 2.45) is 0 Å². The number of carbonyl (C=O) groups excluding carboxylic acids is 2. The normalized spacial score (nSPS) is 13.8. The highest BCUT2D eigenvalue weighted by Crippen LogP contribution is 2.29. The average molecular weight is 230 g/mol. The number of nitrogens with zero attached hydrogens (tertiary/aromatic N) is 1. The molecule has 0 saturated carbocycles. The molecule has 2 heterocycles. The number of ketones is 1. The summed E-state index contributed by atoms with van der Waals surface area (Å²) in [5.74, 6) is -1.04. The molecule has 0 atom stereocenters. The van der Waals surface area contributed by atoms with E-state index in [0.717, 1.165) is 10.6 Å². The summed E-state index contributed by atoms with van der Waals surface area (Å²) < 4.78 is 0. The Hall–Kier alpha value is -2.01. The molecule has 1 aromatic heterocycles. The maximum absolute atomic E-state index is 11.5. The monoisotopic (exact) mass is 230 g/mol. The van der Waals surface area contributed by atoms with Crippen LogP contribution in [0.5, 0.6) is 0 Å². The molecule has 0 aliphatic carbocycles. The minimum absolute atomic E-state index is 0.428. The van der Waals surface area contributed by atoms with E-state index in [2.05, 4.69) is 10.3 Å². The summed E-state index contributed by atoms with van der Waals surface area (Å²) in [5.41, 5.74) is 1.87. The summed E-state index contributed by atoms with van der Waals surface area (Å²) in [4.78, 5) is 26.8. The molecule has 0 fully saturated rings. The van der Waals surface area contributed by atoms with Gasteiger partial charge in [0, 0.05) is 17.1 Å². The van der Waals surface area contributed by atoms with Crippen LogP contribution >= 0.6 is 11.3 Å². The third-order valence-corrected chi connectivity index (χ3v) is 3.22. The molecule has 4 nitrogen and oxygen atoms in total. The smallest absolute Gasteiger partial charge is 0.296 e. The lowest BCUT2D eigenvalue weighted by atomic mass is 10.1. The Morgan fingerprint density at radius 2 is 2.12 bits per heavy atom. The molecule has 0 spiro atoms. The first-order valence-electron chi connectivity index (χ1n) is 4.65. The zero-order chi connectivity index (χ0) is 11.1. The van der Waals surface area contributed by atoms with Crippen LogP contribution < -0.4 is 5.32 Å². The second-order valence-corrected chi connectivity index (χ2v) is 4.28. The standard InChI is InChI=1S/C11H6N2O2S/c14-9-7-5-6(11-12-3-4-16-11)1-2-8(7)13-10(9)15/h1-5H,(H,13,14,15). The third kappa shape index (κ3) is 1.25. The van der Waals surface area contributed by atoms with Gasteiger partial charge in [0.05, 0.1) is 11.3 Å². The minimum atomic E-state index is -0.564. The number of fused-ring (bicyclic) bond motifs is 1. The maximum atomic E-state index is 11.5. The molecule has 78 valence electrons. The maximum Gasteiger partial charge on any atom is 0.296 e. The number of aromatic nitrogens is 1. The molecule has 1 N–H and O–H groups in total. The van der Waals surface area contributed by atoms with E-state index in [1.165, 1.54) is 11.3 Å². The highest BCUT2D eigenvalue weighted by molar-refractivity contribution is 7.13. The van der Waals surface area contributed by atoms with Crippen LogP contribution in [0.1, 0.15) is 10.4 Å². The Morgan fingerprint density at radius 3 is 2.88 bits per heavy atom. The Bertz CT molecular complexity index is 590. The van der Waals surface area contributed by atoms with Crippen molar-refractivity contribution < 1.29 is 9.59 Å². The number of thiazole rings is 1. The van der Waals surface area contributed by atoms with Gasteiger partial charge in [0.1, 0.15) is 5.01 Å². The van der Waals surface area contributed by atoms with Crippen molar-refractivity contribution in [3.63, 3.8) is 0 Å². The lowest BCUT2D eigenvalue weighted by Gasteiger charge is -1.99. The lowest BCUT2D eigenvalue weighted by molar-refractivity contribution is -0.112. The molecule has 3 rings (SSSR count). The molecule has 1 aliphatic heterocycles. The van der Waals surface area contributed by atoms with Gasteiger partial charge in [-0.1, -0.05) is 0 Å². The van der Waals surface area contributed by atoms with Gasteiger partial charge in [-0.15, -0.1) is 11.3 Å². The number of nitrogens with one attached hydrogen (secondary N) is 1. The van der Waals surface area contributed by atoms with Gasteiger partial charge < -0.3 is 5.32 Å². The number of Topliss-reactive ketones (excluding diaryl/α,β-unsaturated/α-hetero) is 1. The highest BCUT2D eigenvalue weighted by atomic mass is 32.1. The van der Waals surface area contributed by atoms with Crippen molar-refractivity contribution in [2.75, 3.05) is 5.32 Å². The van der Waals surface area contributed by atoms with E-state index in [1.54, 1.807) is 18.3 Å². The highest BCUT2D eigenvalue weighted by Gasteiger charge is 2.28. The van der Waals surface area contributed by atoms with Gasteiger partial charge >= 0.3 is 0 Å². The number of anilines is 1. The van der Waals surface area contributed by atoms with Crippen LogP contribution in [0.3, 0.4) is 0 Å². The Labute approximate surface area is 94.9 Å². The van der Waals surface area contributed by atoms with E-state index in [1.807, 2.05) is 11.4 Å². The van der Waals surface area contributed by atoms with Gasteiger partial charge in [-0.3, -0.25) is 9.59 Å². The van der Waals surface area contributed by atoms with Crippen LogP contribution in [-0.4, -0.2) is 16.7 Å². The largest absolute Gasteiger partial charge is 0.318 e. The third-order valence-electron chi connectivity index (χ3n) is 2.40. The predicted molar refractivity (Wildman–Crippen MR) is 60.5 cm³/mol. The first kappa shape index (κ1) is 9.23. The second-order valence-electron chi connectivity index (χ2n) is 3.38. The van der Waals surface area contributed by atoms with E-state index in [4.69, 9.17) is 0 Å². The molecule has 0 saturated heterocycles. The van der Waals surface area contributed by atoms with Crippen molar-refractivity contribution in [3.05, 3.63) is 35.3 Å². The zero-order valence-electron chi connectivity index (χ0n) is 8.06. The fourth-order valence-corrected chi connectivity index (χ4v) is 2.28. The van der Waals surface area contributed by atoms with Crippen LogP contribution in [0.4, 0.5) is 5.69 Å². The first-order valence-corrected chi connectivity index (χ1v) is 5.53. The summed E-state index contributed by atoms with van der Waals surface area (Å²) in [6, 6.07) is 5.28. The summed E-state index contributed by atoms with van der Waals surface area (Å²) in [5, 5.41) is 5.23. The van der Waals surface area contributed by atoms with Gasteiger partial charge in [0.2, 0.25) is 0 Å². The summed E-state index contributed by atoms with van der Waals surface area (Å²) in [6.07, 6.45) is 1.71. The van der Waals surface area contributed by atoms with Crippen LogP contribution in [0.2, 0.25) is 0 Å². The van der Waals surface area contributed by atoms with Gasteiger partial charge in [-0.2, -0.15) is 0 Å². The van der Waals surface area contributed by atoms with Crippen LogP contribution in [-0.2, 0) is 4.79 Å². The molecule has 1 amide bonds.